The van der Waals surface area contributed by atoms with E-state index in [0.717, 1.165) is 31.2 Å². The molecule has 33 heavy (non-hydrogen) atoms. The van der Waals surface area contributed by atoms with Gasteiger partial charge in [-0.1, -0.05) is 24.6 Å². The fourth-order valence-electron chi connectivity index (χ4n) is 4.21. The van der Waals surface area contributed by atoms with Crippen LogP contribution in [0.15, 0.2) is 42.5 Å². The van der Waals surface area contributed by atoms with E-state index in [1.165, 1.54) is 5.56 Å². The predicted octanol–water partition coefficient (Wildman–Crippen LogP) is 1.68. The molecule has 3 heterocycles. The van der Waals surface area contributed by atoms with Crippen molar-refractivity contribution in [3.8, 4) is 17.2 Å². The Morgan fingerprint density at radius 1 is 0.818 bits per heavy atom. The molecule has 0 aliphatic carbocycles. The summed E-state index contributed by atoms with van der Waals surface area (Å²) in [6, 6.07) is 13.1. The van der Waals surface area contributed by atoms with Gasteiger partial charge in [-0.15, -0.1) is 0 Å². The predicted molar refractivity (Wildman–Crippen MR) is 119 cm³/mol. The summed E-state index contributed by atoms with van der Waals surface area (Å²) in [6.07, 6.45) is -2.29. The fourth-order valence-corrected chi connectivity index (χ4v) is 4.21. The summed E-state index contributed by atoms with van der Waals surface area (Å²) in [5, 5.41) is 50.2. The Bertz CT molecular complexity index is 900. The highest BCUT2D eigenvalue weighted by atomic mass is 16.7. The van der Waals surface area contributed by atoms with Gasteiger partial charge in [0.05, 0.1) is 12.7 Å². The maximum Gasteiger partial charge on any atom is 0.229 e. The van der Waals surface area contributed by atoms with Crippen LogP contribution < -0.4 is 9.47 Å². The number of aliphatic hydroxyl groups is 5. The van der Waals surface area contributed by atoms with Crippen molar-refractivity contribution in [3.05, 3.63) is 53.6 Å². The van der Waals surface area contributed by atoms with Gasteiger partial charge in [0.2, 0.25) is 6.29 Å². The van der Waals surface area contributed by atoms with E-state index in [0.29, 0.717) is 24.3 Å². The van der Waals surface area contributed by atoms with Crippen molar-refractivity contribution in [2.75, 3.05) is 6.61 Å². The quantitative estimate of drug-likeness (QED) is 0.468. The van der Waals surface area contributed by atoms with Crippen molar-refractivity contribution in [1.82, 2.24) is 0 Å². The van der Waals surface area contributed by atoms with Crippen LogP contribution in [0.5, 0.6) is 17.2 Å². The number of fused-ring (bicyclic) bond motifs is 8. The summed E-state index contributed by atoms with van der Waals surface area (Å²) < 4.78 is 17.4. The first-order valence-electron chi connectivity index (χ1n) is 11.5. The molecule has 0 radical (unpaired) electrons. The van der Waals surface area contributed by atoms with E-state index in [2.05, 4.69) is 0 Å². The number of benzene rings is 2. The van der Waals surface area contributed by atoms with Crippen LogP contribution in [0.3, 0.4) is 0 Å². The summed E-state index contributed by atoms with van der Waals surface area (Å²) in [5.41, 5.74) is 2.15. The molecular weight excluding hydrogens is 428 g/mol. The maximum atomic E-state index is 10.3. The Morgan fingerprint density at radius 2 is 1.58 bits per heavy atom. The lowest BCUT2D eigenvalue weighted by atomic mass is 9.99. The summed E-state index contributed by atoms with van der Waals surface area (Å²) >= 11 is 0. The molecular formula is C25H32O8. The van der Waals surface area contributed by atoms with Crippen molar-refractivity contribution in [1.29, 1.82) is 0 Å². The lowest BCUT2D eigenvalue weighted by molar-refractivity contribution is -0.277. The fraction of sp³-hybridized carbons (Fsp3) is 0.520. The SMILES string of the molecule is OC[C@H]1O[C@@H](Oc2ccc3cc2Oc2ccc(cc2)CCCC[C@H](O)CC3)[C@H](O)[C@@H](O)[C@@H]1O. The molecule has 8 nitrogen and oxygen atoms in total. The van der Waals surface area contributed by atoms with Crippen LogP contribution in [0.25, 0.3) is 0 Å². The van der Waals surface area contributed by atoms with Crippen LogP contribution in [0.4, 0.5) is 0 Å². The minimum atomic E-state index is -1.53. The maximum absolute atomic E-state index is 10.3. The second-order valence-corrected chi connectivity index (χ2v) is 8.78. The molecule has 2 aromatic rings. The molecule has 1 saturated heterocycles. The Morgan fingerprint density at radius 3 is 2.33 bits per heavy atom. The topological polar surface area (TPSA) is 129 Å². The summed E-state index contributed by atoms with van der Waals surface area (Å²) in [6.45, 7) is -0.540. The largest absolute Gasteiger partial charge is 0.458 e. The van der Waals surface area contributed by atoms with Gasteiger partial charge in [-0.2, -0.15) is 0 Å². The van der Waals surface area contributed by atoms with Gasteiger partial charge >= 0.3 is 0 Å². The standard InChI is InChI=1S/C25H32O8/c26-14-21-22(28)23(29)24(30)25(33-21)32-19-12-8-16-5-9-17(27)4-2-1-3-15-6-10-18(11-7-15)31-20(19)13-16/h6-8,10-13,17,21-30H,1-5,9,14H2/t17-,21+,22+,23-,24+,25+/m0/s1. The minimum absolute atomic E-state index is 0.275. The molecule has 0 spiro atoms. The van der Waals surface area contributed by atoms with Crippen molar-refractivity contribution in [3.63, 3.8) is 0 Å². The molecule has 5 rings (SSSR count). The summed E-state index contributed by atoms with van der Waals surface area (Å²) in [7, 11) is 0. The van der Waals surface area contributed by atoms with E-state index >= 15 is 0 Å². The monoisotopic (exact) mass is 460 g/mol. The molecule has 0 saturated carbocycles. The van der Waals surface area contributed by atoms with Gasteiger partial charge < -0.3 is 39.7 Å². The highest BCUT2D eigenvalue weighted by Crippen LogP contribution is 2.36. The molecule has 3 aliphatic heterocycles. The van der Waals surface area contributed by atoms with Crippen LogP contribution in [-0.2, 0) is 17.6 Å². The number of hydrogen-bond acceptors (Lipinski definition) is 8. The van der Waals surface area contributed by atoms with E-state index in [4.69, 9.17) is 14.2 Å². The lowest BCUT2D eigenvalue weighted by Gasteiger charge is -2.39. The molecule has 5 N–H and O–H groups in total. The highest BCUT2D eigenvalue weighted by Gasteiger charge is 2.45. The molecule has 2 aromatic carbocycles. The average Bonchev–Trinajstić information content (AvgIpc) is 2.83. The Labute approximate surface area is 193 Å². The lowest BCUT2D eigenvalue weighted by Crippen LogP contribution is -2.60. The highest BCUT2D eigenvalue weighted by molar-refractivity contribution is 5.46. The van der Waals surface area contributed by atoms with Gasteiger partial charge in [-0.05, 0) is 67.5 Å². The molecule has 1 fully saturated rings. The van der Waals surface area contributed by atoms with Crippen molar-refractivity contribution in [2.45, 2.75) is 75.3 Å². The molecule has 3 aliphatic rings. The van der Waals surface area contributed by atoms with Crippen molar-refractivity contribution < 1.29 is 39.7 Å². The van der Waals surface area contributed by atoms with Crippen molar-refractivity contribution in [2.24, 2.45) is 0 Å². The van der Waals surface area contributed by atoms with E-state index in [1.807, 2.05) is 36.4 Å². The zero-order valence-corrected chi connectivity index (χ0v) is 18.4. The zero-order valence-electron chi connectivity index (χ0n) is 18.4. The molecule has 0 aromatic heterocycles. The third-order valence-electron chi connectivity index (χ3n) is 6.27. The first kappa shape index (κ1) is 23.9. The number of hydrogen-bond donors (Lipinski definition) is 5. The molecule has 8 heteroatoms. The number of rotatable bonds is 3. The smallest absolute Gasteiger partial charge is 0.229 e. The summed E-state index contributed by atoms with van der Waals surface area (Å²) in [5.74, 6) is 1.28. The van der Waals surface area contributed by atoms with E-state index < -0.39 is 37.3 Å². The molecule has 6 atom stereocenters. The van der Waals surface area contributed by atoms with E-state index in [-0.39, 0.29) is 11.9 Å². The van der Waals surface area contributed by atoms with Crippen LogP contribution >= 0.6 is 0 Å². The number of aliphatic hydroxyl groups excluding tert-OH is 5. The van der Waals surface area contributed by atoms with Gasteiger partial charge in [0.25, 0.3) is 0 Å². The number of aryl methyl sites for hydroxylation is 2. The average molecular weight is 461 g/mol. The van der Waals surface area contributed by atoms with Gasteiger partial charge in [0, 0.05) is 0 Å². The van der Waals surface area contributed by atoms with E-state index in [9.17, 15) is 25.5 Å². The Balaban J connectivity index is 1.60. The Kier molecular flexibility index (Phi) is 7.85. The normalized spacial score (nSPS) is 30.7. The van der Waals surface area contributed by atoms with Gasteiger partial charge in [-0.25, -0.2) is 0 Å². The van der Waals surface area contributed by atoms with Crippen molar-refractivity contribution >= 4 is 0 Å². The molecule has 0 unspecified atom stereocenters. The second kappa shape index (κ2) is 10.8. The van der Waals surface area contributed by atoms with Crippen LogP contribution in [0.2, 0.25) is 0 Å². The molecule has 0 amide bonds. The molecule has 180 valence electrons. The zero-order chi connectivity index (χ0) is 23.4. The van der Waals surface area contributed by atoms with E-state index in [1.54, 1.807) is 6.07 Å². The second-order valence-electron chi connectivity index (χ2n) is 8.78. The van der Waals surface area contributed by atoms with Gasteiger partial charge in [0.1, 0.15) is 30.2 Å². The van der Waals surface area contributed by atoms with Crippen LogP contribution in [0, 0.1) is 0 Å². The Hall–Kier alpha value is -2.20. The third-order valence-corrected chi connectivity index (χ3v) is 6.27. The first-order chi connectivity index (χ1) is 15.9. The van der Waals surface area contributed by atoms with Crippen LogP contribution in [0.1, 0.15) is 36.8 Å². The minimum Gasteiger partial charge on any atom is -0.458 e. The third kappa shape index (κ3) is 5.84. The number of ether oxygens (including phenoxy) is 3. The van der Waals surface area contributed by atoms with Gasteiger partial charge in [0.15, 0.2) is 11.5 Å². The van der Waals surface area contributed by atoms with Gasteiger partial charge in [-0.3, -0.25) is 0 Å². The summed E-state index contributed by atoms with van der Waals surface area (Å²) in [4.78, 5) is 0. The van der Waals surface area contributed by atoms with Crippen LogP contribution in [-0.4, -0.2) is 68.9 Å². The first-order valence-corrected chi connectivity index (χ1v) is 11.5. The molecule has 4 bridgehead atoms.